The van der Waals surface area contributed by atoms with Crippen molar-refractivity contribution in [1.82, 2.24) is 0 Å². The van der Waals surface area contributed by atoms with Crippen molar-refractivity contribution in [2.24, 2.45) is 0 Å². The molecular weight excluding hydrogens is 352 g/mol. The molecule has 0 aromatic heterocycles. The Morgan fingerprint density at radius 3 is 2.19 bits per heavy atom. The molecule has 0 heterocycles. The number of ketones is 1. The predicted molar refractivity (Wildman–Crippen MR) is 103 cm³/mol. The van der Waals surface area contributed by atoms with Gasteiger partial charge in [-0.05, 0) is 47.7 Å². The van der Waals surface area contributed by atoms with Gasteiger partial charge in [-0.1, -0.05) is 55.8 Å². The van der Waals surface area contributed by atoms with Gasteiger partial charge in [0.05, 0.1) is 16.5 Å². The minimum atomic E-state index is -1.04. The second-order valence-corrected chi connectivity index (χ2v) is 6.88. The Kier molecular flexibility index (Phi) is 6.22. The Morgan fingerprint density at radius 2 is 1.65 bits per heavy atom. The summed E-state index contributed by atoms with van der Waals surface area (Å²) in [5, 5.41) is 19.2. The maximum absolute atomic E-state index is 12.5. The average Bonchev–Trinajstić information content (AvgIpc) is 2.61. The summed E-state index contributed by atoms with van der Waals surface area (Å²) >= 11 is 5.96. The predicted octanol–water partition coefficient (Wildman–Crippen LogP) is 5.25. The standard InChI is InChI=1S/C21H21ClO4/c1-12(2)15-7-4-14(5-8-15)6-9-19(23)17-10-16(13(3)21(25)26)11-18(22)20(17)24/h4-13,24H,1-3H3,(H,25,26)/b9-6+. The molecule has 0 bridgehead atoms. The molecule has 0 saturated carbocycles. The van der Waals surface area contributed by atoms with Crippen molar-refractivity contribution in [3.05, 3.63) is 69.8 Å². The van der Waals surface area contributed by atoms with Gasteiger partial charge in [0.1, 0.15) is 5.75 Å². The minimum absolute atomic E-state index is 0.0179. The zero-order valence-electron chi connectivity index (χ0n) is 14.9. The molecule has 2 N–H and O–H groups in total. The van der Waals surface area contributed by atoms with Crippen LogP contribution in [0.25, 0.3) is 6.08 Å². The molecular formula is C21H21ClO4. The Hall–Kier alpha value is -2.59. The lowest BCUT2D eigenvalue weighted by Crippen LogP contribution is -2.09. The van der Waals surface area contributed by atoms with Crippen LogP contribution in [0.3, 0.4) is 0 Å². The van der Waals surface area contributed by atoms with E-state index in [0.717, 1.165) is 5.56 Å². The van der Waals surface area contributed by atoms with Crippen molar-refractivity contribution < 1.29 is 19.8 Å². The number of benzene rings is 2. The maximum atomic E-state index is 12.5. The summed E-state index contributed by atoms with van der Waals surface area (Å²) in [5.74, 6) is -2.25. The van der Waals surface area contributed by atoms with Crippen LogP contribution in [0.1, 0.15) is 59.7 Å². The van der Waals surface area contributed by atoms with Crippen LogP contribution in [0.4, 0.5) is 0 Å². The van der Waals surface area contributed by atoms with Gasteiger partial charge in [0.25, 0.3) is 0 Å². The zero-order chi connectivity index (χ0) is 19.4. The van der Waals surface area contributed by atoms with Gasteiger partial charge >= 0.3 is 5.97 Å². The molecule has 1 unspecified atom stereocenters. The van der Waals surface area contributed by atoms with Crippen LogP contribution in [0, 0.1) is 0 Å². The third kappa shape index (κ3) is 4.52. The van der Waals surface area contributed by atoms with Crippen molar-refractivity contribution in [2.75, 3.05) is 0 Å². The van der Waals surface area contributed by atoms with Gasteiger partial charge < -0.3 is 10.2 Å². The number of hydrogen-bond acceptors (Lipinski definition) is 3. The monoisotopic (exact) mass is 372 g/mol. The van der Waals surface area contributed by atoms with E-state index in [1.165, 1.54) is 30.7 Å². The number of hydrogen-bond donors (Lipinski definition) is 2. The molecule has 26 heavy (non-hydrogen) atoms. The van der Waals surface area contributed by atoms with Crippen LogP contribution >= 0.6 is 11.6 Å². The fourth-order valence-corrected chi connectivity index (χ4v) is 2.68. The van der Waals surface area contributed by atoms with E-state index in [4.69, 9.17) is 16.7 Å². The number of carboxylic acids is 1. The largest absolute Gasteiger partial charge is 0.506 e. The number of carbonyl (C=O) groups excluding carboxylic acids is 1. The first-order chi connectivity index (χ1) is 12.2. The number of carbonyl (C=O) groups is 2. The Bertz CT molecular complexity index is 851. The van der Waals surface area contributed by atoms with Crippen LogP contribution in [0.5, 0.6) is 5.75 Å². The van der Waals surface area contributed by atoms with Gasteiger partial charge in [-0.3, -0.25) is 9.59 Å². The number of aliphatic carboxylic acids is 1. The van der Waals surface area contributed by atoms with E-state index in [1.54, 1.807) is 6.08 Å². The molecule has 5 heteroatoms. The first kappa shape index (κ1) is 19.7. The number of halogens is 1. The molecule has 4 nitrogen and oxygen atoms in total. The van der Waals surface area contributed by atoms with Crippen molar-refractivity contribution >= 4 is 29.4 Å². The molecule has 0 radical (unpaired) electrons. The summed E-state index contributed by atoms with van der Waals surface area (Å²) < 4.78 is 0. The molecule has 2 rings (SSSR count). The summed E-state index contributed by atoms with van der Waals surface area (Å²) in [7, 11) is 0. The average molecular weight is 373 g/mol. The van der Waals surface area contributed by atoms with Crippen LogP contribution in [-0.2, 0) is 4.79 Å². The lowest BCUT2D eigenvalue weighted by molar-refractivity contribution is -0.138. The summed E-state index contributed by atoms with van der Waals surface area (Å²) in [6, 6.07) is 10.6. The first-order valence-corrected chi connectivity index (χ1v) is 8.66. The quantitative estimate of drug-likeness (QED) is 0.536. The fourth-order valence-electron chi connectivity index (χ4n) is 2.45. The van der Waals surface area contributed by atoms with E-state index in [1.807, 2.05) is 24.3 Å². The van der Waals surface area contributed by atoms with Crippen LogP contribution in [0.15, 0.2) is 42.5 Å². The van der Waals surface area contributed by atoms with Gasteiger partial charge in [0.2, 0.25) is 0 Å². The molecule has 0 aliphatic heterocycles. The molecule has 0 aliphatic rings. The van der Waals surface area contributed by atoms with E-state index >= 15 is 0 Å². The third-order valence-corrected chi connectivity index (χ3v) is 4.54. The number of phenolic OH excluding ortho intramolecular Hbond substituents is 1. The molecule has 0 spiro atoms. The number of allylic oxidation sites excluding steroid dienone is 1. The normalized spacial score (nSPS) is 12.5. The van der Waals surface area contributed by atoms with Gasteiger partial charge in [-0.15, -0.1) is 0 Å². The smallest absolute Gasteiger partial charge is 0.310 e. The maximum Gasteiger partial charge on any atom is 0.310 e. The van der Waals surface area contributed by atoms with Crippen molar-refractivity contribution in [3.8, 4) is 5.75 Å². The third-order valence-electron chi connectivity index (χ3n) is 4.25. The topological polar surface area (TPSA) is 74.6 Å². The van der Waals surface area contributed by atoms with E-state index < -0.39 is 17.7 Å². The minimum Gasteiger partial charge on any atom is -0.506 e. The van der Waals surface area contributed by atoms with Crippen LogP contribution in [-0.4, -0.2) is 22.0 Å². The van der Waals surface area contributed by atoms with E-state index in [-0.39, 0.29) is 16.3 Å². The summed E-state index contributed by atoms with van der Waals surface area (Å²) in [6.07, 6.45) is 2.98. The van der Waals surface area contributed by atoms with E-state index in [9.17, 15) is 14.7 Å². The Morgan fingerprint density at radius 1 is 1.04 bits per heavy atom. The van der Waals surface area contributed by atoms with Crippen molar-refractivity contribution in [3.63, 3.8) is 0 Å². The second kappa shape index (κ2) is 8.19. The van der Waals surface area contributed by atoms with Crippen molar-refractivity contribution in [2.45, 2.75) is 32.6 Å². The highest BCUT2D eigenvalue weighted by Crippen LogP contribution is 2.32. The van der Waals surface area contributed by atoms with Crippen LogP contribution in [0.2, 0.25) is 5.02 Å². The van der Waals surface area contributed by atoms with Crippen LogP contribution < -0.4 is 0 Å². The molecule has 0 fully saturated rings. The highest BCUT2D eigenvalue weighted by Gasteiger charge is 2.20. The van der Waals surface area contributed by atoms with Crippen molar-refractivity contribution in [1.29, 1.82) is 0 Å². The Balaban J connectivity index is 2.29. The molecule has 2 aromatic rings. The molecule has 1 atom stereocenters. The summed E-state index contributed by atoms with van der Waals surface area (Å²) in [4.78, 5) is 23.6. The second-order valence-electron chi connectivity index (χ2n) is 6.48. The van der Waals surface area contributed by atoms with E-state index in [0.29, 0.717) is 11.5 Å². The van der Waals surface area contributed by atoms with Gasteiger partial charge in [0, 0.05) is 0 Å². The lowest BCUT2D eigenvalue weighted by Gasteiger charge is -2.11. The molecule has 0 saturated heterocycles. The summed E-state index contributed by atoms with van der Waals surface area (Å²) in [5.41, 5.74) is 2.39. The number of carboxylic acid groups (broad SMARTS) is 1. The van der Waals surface area contributed by atoms with E-state index in [2.05, 4.69) is 13.8 Å². The lowest BCUT2D eigenvalue weighted by atomic mass is 9.96. The first-order valence-electron chi connectivity index (χ1n) is 8.28. The number of aromatic hydroxyl groups is 1. The Labute approximate surface area is 157 Å². The highest BCUT2D eigenvalue weighted by molar-refractivity contribution is 6.33. The zero-order valence-corrected chi connectivity index (χ0v) is 15.6. The highest BCUT2D eigenvalue weighted by atomic mass is 35.5. The summed E-state index contributed by atoms with van der Waals surface area (Å²) in [6.45, 7) is 5.70. The number of phenols is 1. The molecule has 0 amide bonds. The van der Waals surface area contributed by atoms with Gasteiger partial charge in [-0.25, -0.2) is 0 Å². The molecule has 0 aliphatic carbocycles. The van der Waals surface area contributed by atoms with Gasteiger partial charge in [-0.2, -0.15) is 0 Å². The number of rotatable bonds is 6. The fraction of sp³-hybridized carbons (Fsp3) is 0.238. The van der Waals surface area contributed by atoms with Gasteiger partial charge in [0.15, 0.2) is 5.78 Å². The molecule has 136 valence electrons. The SMILES string of the molecule is CC(C)c1ccc(/C=C/C(=O)c2cc(C(C)C(=O)O)cc(Cl)c2O)cc1. The molecule has 2 aromatic carbocycles.